The van der Waals surface area contributed by atoms with Crippen molar-refractivity contribution in [3.8, 4) is 0 Å². The van der Waals surface area contributed by atoms with Crippen LogP contribution >= 0.6 is 0 Å². The quantitative estimate of drug-likeness (QED) is 0.685. The van der Waals surface area contributed by atoms with Gasteiger partial charge < -0.3 is 24.3 Å². The maximum absolute atomic E-state index is 13.1. The molecule has 7 heteroatoms. The van der Waals surface area contributed by atoms with Crippen LogP contribution in [0.15, 0.2) is 36.7 Å². The summed E-state index contributed by atoms with van der Waals surface area (Å²) < 4.78 is 13.7. The van der Waals surface area contributed by atoms with Crippen LogP contribution in [-0.4, -0.2) is 59.0 Å². The van der Waals surface area contributed by atoms with Gasteiger partial charge in [0.2, 0.25) is 0 Å². The lowest BCUT2D eigenvalue weighted by atomic mass is 10.1. The lowest BCUT2D eigenvalue weighted by molar-refractivity contribution is 0.0524. The summed E-state index contributed by atoms with van der Waals surface area (Å²) >= 11 is 0. The summed E-state index contributed by atoms with van der Waals surface area (Å²) in [6, 6.07) is 7.96. The third-order valence-electron chi connectivity index (χ3n) is 5.98. The van der Waals surface area contributed by atoms with Gasteiger partial charge in [0.25, 0.3) is 0 Å². The molecule has 1 aromatic carbocycles. The van der Waals surface area contributed by atoms with E-state index in [1.807, 2.05) is 35.5 Å². The minimum atomic E-state index is -0.0892. The largest absolute Gasteiger partial charge is 0.376 e. The van der Waals surface area contributed by atoms with Crippen LogP contribution < -0.4 is 5.32 Å². The highest BCUT2D eigenvalue weighted by Gasteiger charge is 2.27. The van der Waals surface area contributed by atoms with Gasteiger partial charge in [0, 0.05) is 56.8 Å². The molecule has 2 atom stereocenters. The summed E-state index contributed by atoms with van der Waals surface area (Å²) in [6.07, 6.45) is 8.23. The van der Waals surface area contributed by atoms with Crippen molar-refractivity contribution in [1.82, 2.24) is 14.5 Å². The Bertz CT molecular complexity index is 836. The molecule has 0 unspecified atom stereocenters. The zero-order valence-corrected chi connectivity index (χ0v) is 18.6. The first kappa shape index (κ1) is 21.8. The van der Waals surface area contributed by atoms with Gasteiger partial charge in [-0.25, -0.2) is 9.78 Å². The second-order valence-electron chi connectivity index (χ2n) is 8.87. The molecule has 4 rings (SSSR count). The smallest absolute Gasteiger partial charge is 0.322 e. The molecule has 0 spiro atoms. The Morgan fingerprint density at radius 2 is 1.90 bits per heavy atom. The Balaban J connectivity index is 1.42. The van der Waals surface area contributed by atoms with E-state index in [9.17, 15) is 4.79 Å². The molecule has 1 N–H and O–H groups in total. The number of imidazole rings is 1. The Morgan fingerprint density at radius 1 is 1.19 bits per heavy atom. The first-order valence-corrected chi connectivity index (χ1v) is 11.5. The highest BCUT2D eigenvalue weighted by atomic mass is 16.5. The van der Waals surface area contributed by atoms with Crippen molar-refractivity contribution in [2.75, 3.05) is 31.6 Å². The van der Waals surface area contributed by atoms with Crippen molar-refractivity contribution in [3.05, 3.63) is 48.0 Å². The number of aromatic nitrogens is 2. The first-order chi connectivity index (χ1) is 15.1. The number of nitrogens with one attached hydrogen (secondary N) is 1. The topological polar surface area (TPSA) is 68.6 Å². The van der Waals surface area contributed by atoms with Crippen molar-refractivity contribution >= 4 is 11.7 Å². The van der Waals surface area contributed by atoms with E-state index in [-0.39, 0.29) is 18.2 Å². The molecule has 2 fully saturated rings. The van der Waals surface area contributed by atoms with E-state index in [1.54, 1.807) is 0 Å². The lowest BCUT2D eigenvalue weighted by Crippen LogP contribution is -2.44. The van der Waals surface area contributed by atoms with Gasteiger partial charge in [0.1, 0.15) is 5.82 Å². The molecule has 2 amide bonds. The Kier molecular flexibility index (Phi) is 7.25. The maximum atomic E-state index is 13.1. The lowest BCUT2D eigenvalue weighted by Gasteiger charge is -2.28. The summed E-state index contributed by atoms with van der Waals surface area (Å²) in [4.78, 5) is 19.5. The molecule has 2 aliphatic heterocycles. The normalized spacial score (nSPS) is 21.0. The summed E-state index contributed by atoms with van der Waals surface area (Å²) in [5.41, 5.74) is 1.93. The molecule has 31 heavy (non-hydrogen) atoms. The molecule has 2 aromatic rings. The second kappa shape index (κ2) is 10.3. The molecule has 0 bridgehead atoms. The van der Waals surface area contributed by atoms with Crippen molar-refractivity contribution in [3.63, 3.8) is 0 Å². The SMILES string of the molecule is CC(C)c1nccn1Cc1cccc(NC(=O)N(C[C@H]2CCCO2)C[C@H]2CCCO2)c1. The average Bonchev–Trinajstić information content (AvgIpc) is 3.51. The van der Waals surface area contributed by atoms with Crippen LogP contribution in [0.5, 0.6) is 0 Å². The Labute approximate surface area is 184 Å². The minimum absolute atomic E-state index is 0.0892. The number of ether oxygens (including phenoxy) is 2. The Hall–Kier alpha value is -2.38. The molecule has 7 nitrogen and oxygen atoms in total. The van der Waals surface area contributed by atoms with E-state index in [0.717, 1.165) is 62.5 Å². The highest BCUT2D eigenvalue weighted by Crippen LogP contribution is 2.20. The summed E-state index contributed by atoms with van der Waals surface area (Å²) in [6.45, 7) is 7.81. The number of amides is 2. The fraction of sp³-hybridized carbons (Fsp3) is 0.583. The van der Waals surface area contributed by atoms with Gasteiger partial charge in [-0.05, 0) is 43.4 Å². The second-order valence-corrected chi connectivity index (χ2v) is 8.87. The Morgan fingerprint density at radius 3 is 2.52 bits per heavy atom. The van der Waals surface area contributed by atoms with E-state index in [2.05, 4.69) is 34.8 Å². The van der Waals surface area contributed by atoms with Gasteiger partial charge in [-0.2, -0.15) is 0 Å². The van der Waals surface area contributed by atoms with Crippen molar-refractivity contribution in [1.29, 1.82) is 0 Å². The number of nitrogens with zero attached hydrogens (tertiary/aromatic N) is 3. The molecule has 0 aliphatic carbocycles. The molecule has 0 saturated carbocycles. The van der Waals surface area contributed by atoms with Crippen LogP contribution in [-0.2, 0) is 16.0 Å². The van der Waals surface area contributed by atoms with Crippen LogP contribution in [0.4, 0.5) is 10.5 Å². The third-order valence-corrected chi connectivity index (χ3v) is 5.98. The van der Waals surface area contributed by atoms with Gasteiger partial charge in [0.05, 0.1) is 12.2 Å². The molecule has 3 heterocycles. The third kappa shape index (κ3) is 5.86. The van der Waals surface area contributed by atoms with E-state index >= 15 is 0 Å². The van der Waals surface area contributed by atoms with E-state index in [0.29, 0.717) is 19.0 Å². The minimum Gasteiger partial charge on any atom is -0.376 e. The van der Waals surface area contributed by atoms with Gasteiger partial charge >= 0.3 is 6.03 Å². The predicted octanol–water partition coefficient (Wildman–Crippen LogP) is 4.25. The maximum Gasteiger partial charge on any atom is 0.322 e. The molecule has 0 radical (unpaired) electrons. The zero-order valence-electron chi connectivity index (χ0n) is 18.6. The fourth-order valence-corrected chi connectivity index (χ4v) is 4.41. The highest BCUT2D eigenvalue weighted by molar-refractivity contribution is 5.89. The summed E-state index contributed by atoms with van der Waals surface area (Å²) in [5, 5.41) is 3.10. The van der Waals surface area contributed by atoms with E-state index in [1.165, 1.54) is 0 Å². The van der Waals surface area contributed by atoms with Crippen LogP contribution in [0, 0.1) is 0 Å². The summed E-state index contributed by atoms with van der Waals surface area (Å²) in [5.74, 6) is 1.43. The number of anilines is 1. The number of rotatable bonds is 8. The van der Waals surface area contributed by atoms with Crippen molar-refractivity contribution in [2.45, 2.75) is 64.2 Å². The number of hydrogen-bond donors (Lipinski definition) is 1. The van der Waals surface area contributed by atoms with Crippen LogP contribution in [0.2, 0.25) is 0 Å². The zero-order chi connectivity index (χ0) is 21.6. The van der Waals surface area contributed by atoms with E-state index in [4.69, 9.17) is 9.47 Å². The average molecular weight is 427 g/mol. The van der Waals surface area contributed by atoms with Crippen LogP contribution in [0.3, 0.4) is 0 Å². The van der Waals surface area contributed by atoms with Crippen molar-refractivity contribution < 1.29 is 14.3 Å². The molecule has 2 aliphatic rings. The molecule has 1 aromatic heterocycles. The number of hydrogen-bond acceptors (Lipinski definition) is 4. The number of benzene rings is 1. The van der Waals surface area contributed by atoms with Gasteiger partial charge in [-0.1, -0.05) is 26.0 Å². The monoisotopic (exact) mass is 426 g/mol. The first-order valence-electron chi connectivity index (χ1n) is 11.5. The van der Waals surface area contributed by atoms with Gasteiger partial charge in [0.15, 0.2) is 0 Å². The number of urea groups is 1. The number of carbonyl (C=O) groups is 1. The van der Waals surface area contributed by atoms with E-state index < -0.39 is 0 Å². The molecular formula is C24H34N4O3. The van der Waals surface area contributed by atoms with Crippen LogP contribution in [0.25, 0.3) is 0 Å². The standard InChI is InChI=1S/C24H34N4O3/c1-18(2)23-25-10-11-27(23)15-19-6-3-7-20(14-19)26-24(29)28(16-21-8-4-12-30-21)17-22-9-5-13-31-22/h3,6-7,10-11,14,18,21-22H,4-5,8-9,12-13,15-17H2,1-2H3,(H,26,29)/t21-,22-/m1/s1. The van der Waals surface area contributed by atoms with Gasteiger partial charge in [-0.3, -0.25) is 0 Å². The fourth-order valence-electron chi connectivity index (χ4n) is 4.41. The summed E-state index contributed by atoms with van der Waals surface area (Å²) in [7, 11) is 0. The molecule has 2 saturated heterocycles. The number of carbonyl (C=O) groups excluding carboxylic acids is 1. The molecule has 168 valence electrons. The molecular weight excluding hydrogens is 392 g/mol. The van der Waals surface area contributed by atoms with Crippen LogP contribution in [0.1, 0.15) is 56.8 Å². The predicted molar refractivity (Wildman–Crippen MR) is 120 cm³/mol. The van der Waals surface area contributed by atoms with Crippen molar-refractivity contribution in [2.24, 2.45) is 0 Å². The van der Waals surface area contributed by atoms with Gasteiger partial charge in [-0.15, -0.1) is 0 Å².